The minimum Gasteiger partial charge on any atom is -0.381 e. The van der Waals surface area contributed by atoms with E-state index in [-0.39, 0.29) is 6.73 Å². The van der Waals surface area contributed by atoms with Crippen molar-refractivity contribution in [2.24, 2.45) is 0 Å². The van der Waals surface area contributed by atoms with E-state index < -0.39 is 7.59 Å². The van der Waals surface area contributed by atoms with Crippen LogP contribution < -0.4 is 0 Å². The Kier molecular flexibility index (Phi) is 4.37. The molecule has 0 fully saturated rings. The van der Waals surface area contributed by atoms with Gasteiger partial charge >= 0.3 is 0 Å². The summed E-state index contributed by atoms with van der Waals surface area (Å²) in [6.45, 7) is -0.215. The lowest BCUT2D eigenvalue weighted by Gasteiger charge is -2.35. The topological polar surface area (TPSA) is 47.0 Å². The molecule has 0 atom stereocenters. The van der Waals surface area contributed by atoms with E-state index >= 15 is 0 Å². The summed E-state index contributed by atoms with van der Waals surface area (Å²) in [5.41, 5.74) is 0. The number of nitrogens with zero attached hydrogens (tertiary/aromatic N) is 3. The van der Waals surface area contributed by atoms with Crippen molar-refractivity contribution in [1.29, 1.82) is 0 Å². The van der Waals surface area contributed by atoms with Gasteiger partial charge in [-0.3, -0.25) is 4.57 Å². The van der Waals surface area contributed by atoms with Crippen LogP contribution >= 0.6 is 7.59 Å². The molecule has 0 aromatic heterocycles. The van der Waals surface area contributed by atoms with Crippen molar-refractivity contribution in [3.05, 3.63) is 0 Å². The number of rotatable bonds is 4. The Hall–Kier alpha value is 0.0700. The molecule has 12 heavy (non-hydrogen) atoms. The van der Waals surface area contributed by atoms with Gasteiger partial charge in [-0.25, -0.2) is 14.0 Å². The second kappa shape index (κ2) is 4.35. The Labute approximate surface area is 74.1 Å². The van der Waals surface area contributed by atoms with Crippen molar-refractivity contribution < 1.29 is 9.67 Å². The van der Waals surface area contributed by atoms with E-state index in [1.807, 2.05) is 0 Å². The standard InChI is InChI=1S/C6H18N3O2P/c1-7(2)12(11,8(3)4)9(5)6-10/h10H,6H2,1-5H3. The third kappa shape index (κ3) is 2.06. The molecule has 6 heteroatoms. The molecule has 74 valence electrons. The van der Waals surface area contributed by atoms with Gasteiger partial charge in [0.1, 0.15) is 6.73 Å². The van der Waals surface area contributed by atoms with E-state index in [1.165, 1.54) is 4.67 Å². The molecule has 0 unspecified atom stereocenters. The quantitative estimate of drug-likeness (QED) is 0.509. The number of aliphatic hydroxyl groups is 1. The molecule has 0 rings (SSSR count). The van der Waals surface area contributed by atoms with Crippen LogP contribution in [0.2, 0.25) is 0 Å². The zero-order chi connectivity index (χ0) is 9.94. The zero-order valence-corrected chi connectivity index (χ0v) is 9.25. The predicted molar refractivity (Wildman–Crippen MR) is 49.8 cm³/mol. The van der Waals surface area contributed by atoms with Gasteiger partial charge in [-0.1, -0.05) is 0 Å². The molecule has 0 aliphatic carbocycles. The highest BCUT2D eigenvalue weighted by Crippen LogP contribution is 2.51. The van der Waals surface area contributed by atoms with Gasteiger partial charge in [0.25, 0.3) is 7.59 Å². The van der Waals surface area contributed by atoms with E-state index in [2.05, 4.69) is 0 Å². The van der Waals surface area contributed by atoms with Crippen LogP contribution in [0.25, 0.3) is 0 Å². The third-order valence-electron chi connectivity index (χ3n) is 1.69. The SMILES string of the molecule is CN(C)P(=O)(N(C)C)N(C)CO. The average Bonchev–Trinajstić information content (AvgIpc) is 2.00. The molecule has 0 radical (unpaired) electrons. The van der Waals surface area contributed by atoms with Gasteiger partial charge in [0.05, 0.1) is 0 Å². The molecule has 0 aromatic rings. The maximum absolute atomic E-state index is 12.2. The number of hydrogen-bond donors (Lipinski definition) is 1. The highest BCUT2D eigenvalue weighted by atomic mass is 31.2. The smallest absolute Gasteiger partial charge is 0.287 e. The first-order valence-electron chi connectivity index (χ1n) is 3.65. The second-order valence-electron chi connectivity index (χ2n) is 3.01. The lowest BCUT2D eigenvalue weighted by atomic mass is 11.2. The van der Waals surface area contributed by atoms with Crippen LogP contribution in [0.1, 0.15) is 0 Å². The van der Waals surface area contributed by atoms with Crippen LogP contribution in [0.4, 0.5) is 0 Å². The van der Waals surface area contributed by atoms with Crippen molar-refractivity contribution >= 4 is 7.59 Å². The summed E-state index contributed by atoms with van der Waals surface area (Å²) in [6.07, 6.45) is 0. The molecule has 0 spiro atoms. The van der Waals surface area contributed by atoms with Gasteiger partial charge in [0, 0.05) is 0 Å². The second-order valence-corrected chi connectivity index (χ2v) is 6.32. The highest BCUT2D eigenvalue weighted by molar-refractivity contribution is 7.56. The lowest BCUT2D eigenvalue weighted by Crippen LogP contribution is -2.32. The van der Waals surface area contributed by atoms with Crippen molar-refractivity contribution in [3.8, 4) is 0 Å². The predicted octanol–water partition coefficient (Wildman–Crippen LogP) is 0.0993. The van der Waals surface area contributed by atoms with Gasteiger partial charge in [-0.15, -0.1) is 0 Å². The lowest BCUT2D eigenvalue weighted by molar-refractivity contribution is 0.181. The van der Waals surface area contributed by atoms with E-state index in [1.54, 1.807) is 44.6 Å². The Morgan fingerprint density at radius 1 is 1.08 bits per heavy atom. The fourth-order valence-electron chi connectivity index (χ4n) is 1.05. The molecule has 0 aliphatic rings. The summed E-state index contributed by atoms with van der Waals surface area (Å²) >= 11 is 0. The van der Waals surface area contributed by atoms with E-state index in [0.29, 0.717) is 0 Å². The molecular weight excluding hydrogens is 177 g/mol. The molecular formula is C6H18N3O2P. The molecule has 0 saturated carbocycles. The Bertz CT molecular complexity index is 172. The van der Waals surface area contributed by atoms with Gasteiger partial charge in [0.15, 0.2) is 0 Å². The van der Waals surface area contributed by atoms with Gasteiger partial charge in [0.2, 0.25) is 0 Å². The first-order valence-corrected chi connectivity index (χ1v) is 5.22. The molecule has 0 amide bonds. The Balaban J connectivity index is 4.75. The summed E-state index contributed by atoms with van der Waals surface area (Å²) in [7, 11) is 5.84. The summed E-state index contributed by atoms with van der Waals surface area (Å²) in [5, 5.41) is 8.87. The van der Waals surface area contributed by atoms with Crippen molar-refractivity contribution in [1.82, 2.24) is 14.0 Å². The molecule has 0 heterocycles. The maximum Gasteiger partial charge on any atom is 0.287 e. The highest BCUT2D eigenvalue weighted by Gasteiger charge is 2.32. The number of hydrogen-bond acceptors (Lipinski definition) is 2. The summed E-state index contributed by atoms with van der Waals surface area (Å²) in [6, 6.07) is 0. The van der Waals surface area contributed by atoms with Crippen LogP contribution in [0.15, 0.2) is 0 Å². The fraction of sp³-hybridized carbons (Fsp3) is 1.00. The van der Waals surface area contributed by atoms with Crippen LogP contribution in [0.3, 0.4) is 0 Å². The van der Waals surface area contributed by atoms with Gasteiger partial charge < -0.3 is 5.11 Å². The molecule has 0 aromatic carbocycles. The number of aliphatic hydroxyl groups excluding tert-OH is 1. The molecule has 0 bridgehead atoms. The summed E-state index contributed by atoms with van der Waals surface area (Å²) < 4.78 is 16.8. The first-order chi connectivity index (χ1) is 5.37. The van der Waals surface area contributed by atoms with Crippen molar-refractivity contribution in [2.45, 2.75) is 0 Å². The van der Waals surface area contributed by atoms with E-state index in [9.17, 15) is 4.57 Å². The van der Waals surface area contributed by atoms with Crippen molar-refractivity contribution in [2.75, 3.05) is 42.0 Å². The van der Waals surface area contributed by atoms with E-state index in [4.69, 9.17) is 5.11 Å². The van der Waals surface area contributed by atoms with Crippen LogP contribution in [0, 0.1) is 0 Å². The van der Waals surface area contributed by atoms with Crippen LogP contribution in [-0.4, -0.2) is 61.1 Å². The zero-order valence-electron chi connectivity index (χ0n) is 8.35. The maximum atomic E-state index is 12.2. The fourth-order valence-corrected chi connectivity index (χ4v) is 3.15. The van der Waals surface area contributed by atoms with E-state index in [0.717, 1.165) is 0 Å². The Morgan fingerprint density at radius 3 is 1.50 bits per heavy atom. The summed E-state index contributed by atoms with van der Waals surface area (Å²) in [4.78, 5) is 0. The van der Waals surface area contributed by atoms with Crippen molar-refractivity contribution in [3.63, 3.8) is 0 Å². The normalized spacial score (nSPS) is 13.4. The average molecular weight is 195 g/mol. The first kappa shape index (κ1) is 12.1. The molecule has 0 aliphatic heterocycles. The van der Waals surface area contributed by atoms with Gasteiger partial charge in [-0.2, -0.15) is 0 Å². The summed E-state index contributed by atoms with van der Waals surface area (Å²) in [5.74, 6) is 0. The minimum atomic E-state index is -2.70. The molecule has 5 nitrogen and oxygen atoms in total. The van der Waals surface area contributed by atoms with Crippen LogP contribution in [0.5, 0.6) is 0 Å². The minimum absolute atomic E-state index is 0.215. The Morgan fingerprint density at radius 2 is 1.42 bits per heavy atom. The van der Waals surface area contributed by atoms with Crippen LogP contribution in [-0.2, 0) is 4.57 Å². The molecule has 0 saturated heterocycles. The monoisotopic (exact) mass is 195 g/mol. The third-order valence-corrected chi connectivity index (χ3v) is 4.79. The van der Waals surface area contributed by atoms with Gasteiger partial charge in [-0.05, 0) is 35.2 Å². The largest absolute Gasteiger partial charge is 0.381 e. The molecule has 1 N–H and O–H groups in total.